The number of rotatable bonds is 0. The highest BCUT2D eigenvalue weighted by Gasteiger charge is 2.31. The van der Waals surface area contributed by atoms with Crippen LogP contribution in [0.3, 0.4) is 0 Å². The van der Waals surface area contributed by atoms with Crippen LogP contribution in [-0.2, 0) is 21.6 Å². The van der Waals surface area contributed by atoms with Crippen molar-refractivity contribution in [1.82, 2.24) is 4.98 Å². The van der Waals surface area contributed by atoms with Crippen LogP contribution in [0.15, 0.2) is 17.2 Å². The first-order valence-corrected chi connectivity index (χ1v) is 6.80. The molecule has 1 aromatic heterocycles. The van der Waals surface area contributed by atoms with E-state index in [0.717, 1.165) is 17.7 Å². The van der Waals surface area contributed by atoms with E-state index < -0.39 is 9.73 Å². The van der Waals surface area contributed by atoms with E-state index in [1.54, 1.807) is 6.20 Å². The molecule has 1 aliphatic heterocycles. The van der Waals surface area contributed by atoms with Gasteiger partial charge in [-0.3, -0.25) is 4.98 Å². The molecule has 1 N–H and O–H groups in total. The number of nitrogens with zero attached hydrogens (tertiary/aromatic N) is 1. The van der Waals surface area contributed by atoms with Gasteiger partial charge in [0.15, 0.2) is 0 Å². The molecule has 82 valence electrons. The van der Waals surface area contributed by atoms with Crippen LogP contribution in [0.2, 0.25) is 0 Å². The summed E-state index contributed by atoms with van der Waals surface area (Å²) >= 11 is 0. The molecule has 1 aromatic rings. The Morgan fingerprint density at radius 3 is 2.73 bits per heavy atom. The van der Waals surface area contributed by atoms with Gasteiger partial charge in [0, 0.05) is 17.4 Å². The predicted octanol–water partition coefficient (Wildman–Crippen LogP) is 2.34. The van der Waals surface area contributed by atoms with Gasteiger partial charge in [-0.05, 0) is 18.1 Å². The van der Waals surface area contributed by atoms with Crippen LogP contribution in [0.25, 0.3) is 0 Å². The molecule has 2 rings (SSSR count). The van der Waals surface area contributed by atoms with Gasteiger partial charge in [-0.1, -0.05) is 20.8 Å². The lowest BCUT2D eigenvalue weighted by Gasteiger charge is -2.21. The highest BCUT2D eigenvalue weighted by Crippen LogP contribution is 2.34. The average molecular weight is 224 g/mol. The minimum absolute atomic E-state index is 0.139. The monoisotopic (exact) mass is 224 g/mol. The van der Waals surface area contributed by atoms with E-state index in [1.807, 2.05) is 26.8 Å². The Morgan fingerprint density at radius 1 is 1.47 bits per heavy atom. The number of fused-ring (bicyclic) bond motifs is 1. The first kappa shape index (κ1) is 10.6. The van der Waals surface area contributed by atoms with Crippen LogP contribution in [0.1, 0.15) is 32.0 Å². The highest BCUT2D eigenvalue weighted by molar-refractivity contribution is 7.92. The van der Waals surface area contributed by atoms with E-state index >= 15 is 0 Å². The Hall–Kier alpha value is -0.900. The smallest absolute Gasteiger partial charge is 0.0750 e. The van der Waals surface area contributed by atoms with E-state index in [4.69, 9.17) is 4.78 Å². The molecule has 0 amide bonds. The Bertz CT molecular complexity index is 498. The van der Waals surface area contributed by atoms with Gasteiger partial charge in [-0.15, -0.1) is 0 Å². The van der Waals surface area contributed by atoms with Gasteiger partial charge in [0.2, 0.25) is 0 Å². The summed E-state index contributed by atoms with van der Waals surface area (Å²) in [5.74, 6) is 0.455. The lowest BCUT2D eigenvalue weighted by atomic mass is 9.90. The topological polar surface area (TPSA) is 53.8 Å². The zero-order valence-corrected chi connectivity index (χ0v) is 10.1. The molecule has 1 aliphatic rings. The van der Waals surface area contributed by atoms with Gasteiger partial charge in [-0.25, -0.2) is 8.99 Å². The Balaban J connectivity index is 2.76. The molecule has 0 saturated heterocycles. The van der Waals surface area contributed by atoms with Crippen LogP contribution in [0.4, 0.5) is 0 Å². The second-order valence-electron chi connectivity index (χ2n) is 5.03. The summed E-state index contributed by atoms with van der Waals surface area (Å²) in [5.41, 5.74) is 1.74. The van der Waals surface area contributed by atoms with Gasteiger partial charge in [0.25, 0.3) is 0 Å². The second-order valence-corrected chi connectivity index (χ2v) is 7.19. The first-order chi connectivity index (χ1) is 6.82. The van der Waals surface area contributed by atoms with Crippen LogP contribution < -0.4 is 0 Å². The fourth-order valence-corrected chi connectivity index (χ4v) is 3.92. The summed E-state index contributed by atoms with van der Waals surface area (Å²) < 4.78 is 20.0. The van der Waals surface area contributed by atoms with Gasteiger partial charge < -0.3 is 0 Å². The summed E-state index contributed by atoms with van der Waals surface area (Å²) in [6.07, 6.45) is 2.52. The van der Waals surface area contributed by atoms with Crippen molar-refractivity contribution < 1.29 is 4.21 Å². The summed E-state index contributed by atoms with van der Waals surface area (Å²) in [6, 6.07) is 1.89. The van der Waals surface area contributed by atoms with Crippen molar-refractivity contribution in [2.75, 3.05) is 5.75 Å². The standard InChI is InChI=1S/C11H16N2OS/c1-11(2,3)10-9-8(4-6-13-10)5-7-15(9,12)14/h4,6,12H,5,7H2,1-3H3/t15-/m0/s1. The van der Waals surface area contributed by atoms with Crippen molar-refractivity contribution in [3.63, 3.8) is 0 Å². The minimum atomic E-state index is -2.58. The fraction of sp³-hybridized carbons (Fsp3) is 0.545. The lowest BCUT2D eigenvalue weighted by molar-refractivity contribution is 0.551. The summed E-state index contributed by atoms with van der Waals surface area (Å²) in [5, 5.41) is 0. The zero-order chi connectivity index (χ0) is 11.3. The molecule has 0 bridgehead atoms. The fourth-order valence-electron chi connectivity index (χ4n) is 1.94. The molecule has 0 aliphatic carbocycles. The predicted molar refractivity (Wildman–Crippen MR) is 60.6 cm³/mol. The zero-order valence-electron chi connectivity index (χ0n) is 9.33. The van der Waals surface area contributed by atoms with E-state index in [1.165, 1.54) is 0 Å². The molecule has 3 nitrogen and oxygen atoms in total. The Kier molecular flexibility index (Phi) is 2.15. The molecule has 0 aromatic carbocycles. The van der Waals surface area contributed by atoms with E-state index in [2.05, 4.69) is 4.98 Å². The largest absolute Gasteiger partial charge is 0.259 e. The molecule has 0 spiro atoms. The molecule has 0 radical (unpaired) electrons. The van der Waals surface area contributed by atoms with Crippen LogP contribution in [0.5, 0.6) is 0 Å². The molecule has 0 unspecified atom stereocenters. The highest BCUT2D eigenvalue weighted by atomic mass is 32.2. The average Bonchev–Trinajstić information content (AvgIpc) is 2.41. The number of nitrogens with one attached hydrogen (secondary N) is 1. The number of aryl methyl sites for hydroxylation is 1. The van der Waals surface area contributed by atoms with E-state index in [9.17, 15) is 4.21 Å². The second kappa shape index (κ2) is 3.04. The van der Waals surface area contributed by atoms with Crippen LogP contribution in [0, 0.1) is 4.78 Å². The lowest BCUT2D eigenvalue weighted by Crippen LogP contribution is -2.17. The molecule has 0 fully saturated rings. The van der Waals surface area contributed by atoms with Crippen LogP contribution in [-0.4, -0.2) is 14.9 Å². The summed E-state index contributed by atoms with van der Waals surface area (Å²) in [4.78, 5) is 5.02. The quantitative estimate of drug-likeness (QED) is 0.735. The molecule has 15 heavy (non-hydrogen) atoms. The number of hydrogen-bond acceptors (Lipinski definition) is 3. The number of aromatic nitrogens is 1. The van der Waals surface area contributed by atoms with Crippen molar-refractivity contribution in [1.29, 1.82) is 4.78 Å². The molecular weight excluding hydrogens is 208 g/mol. The molecule has 1 atom stereocenters. The first-order valence-electron chi connectivity index (χ1n) is 5.07. The molecule has 4 heteroatoms. The maximum atomic E-state index is 12.1. The Morgan fingerprint density at radius 2 is 2.13 bits per heavy atom. The van der Waals surface area contributed by atoms with Crippen molar-refractivity contribution >= 4 is 9.73 Å². The molecule has 0 saturated carbocycles. The van der Waals surface area contributed by atoms with E-state index in [0.29, 0.717) is 10.6 Å². The van der Waals surface area contributed by atoms with Gasteiger partial charge in [0.1, 0.15) is 0 Å². The normalized spacial score (nSPS) is 25.3. The van der Waals surface area contributed by atoms with E-state index in [-0.39, 0.29) is 5.41 Å². The van der Waals surface area contributed by atoms with Gasteiger partial charge >= 0.3 is 0 Å². The number of pyridine rings is 1. The Labute approximate surface area is 90.9 Å². The third-order valence-corrected chi connectivity index (χ3v) is 4.58. The van der Waals surface area contributed by atoms with Gasteiger partial charge in [-0.2, -0.15) is 0 Å². The SMILES string of the molecule is CC(C)(C)c1nccc2c1[S@@](=N)(=O)CC2. The van der Waals surface area contributed by atoms with Gasteiger partial charge in [0.05, 0.1) is 20.3 Å². The maximum absolute atomic E-state index is 12.1. The summed E-state index contributed by atoms with van der Waals surface area (Å²) in [7, 11) is -2.58. The third-order valence-electron chi connectivity index (χ3n) is 2.69. The molecule has 2 heterocycles. The van der Waals surface area contributed by atoms with Crippen molar-refractivity contribution in [3.05, 3.63) is 23.5 Å². The van der Waals surface area contributed by atoms with Crippen molar-refractivity contribution in [2.45, 2.75) is 37.5 Å². The third kappa shape index (κ3) is 1.67. The number of hydrogen-bond donors (Lipinski definition) is 1. The maximum Gasteiger partial charge on any atom is 0.0750 e. The molecular formula is C11H16N2OS. The van der Waals surface area contributed by atoms with Crippen molar-refractivity contribution in [3.8, 4) is 0 Å². The summed E-state index contributed by atoms with van der Waals surface area (Å²) in [6.45, 7) is 6.14. The van der Waals surface area contributed by atoms with Crippen molar-refractivity contribution in [2.24, 2.45) is 0 Å². The minimum Gasteiger partial charge on any atom is -0.259 e. The van der Waals surface area contributed by atoms with Crippen LogP contribution >= 0.6 is 0 Å².